The Bertz CT molecular complexity index is 766. The largest absolute Gasteiger partial charge is 0.494 e. The normalized spacial score (nSPS) is 15.5. The summed E-state index contributed by atoms with van der Waals surface area (Å²) in [4.78, 5) is 14.3. The van der Waals surface area contributed by atoms with Crippen molar-refractivity contribution in [3.63, 3.8) is 0 Å². The van der Waals surface area contributed by atoms with Gasteiger partial charge < -0.3 is 19.1 Å². The molecular formula is C22H33ClN2O3. The van der Waals surface area contributed by atoms with E-state index in [1.807, 2.05) is 28.8 Å². The summed E-state index contributed by atoms with van der Waals surface area (Å²) in [6.45, 7) is 5.95. The van der Waals surface area contributed by atoms with Crippen molar-refractivity contribution in [2.24, 2.45) is 5.92 Å². The number of hydrogen-bond donors (Lipinski definition) is 1. The highest BCUT2D eigenvalue weighted by Gasteiger charge is 2.24. The SMILES string of the molecule is CCCCN1CCC(CCCc2c(OC)c(C(=O)O)c3ccccn23)CC1.Cl. The molecule has 0 radical (unpaired) electrons. The standard InChI is InChI=1S/C22H32N2O3.ClH/c1-3-4-13-23-15-11-17(12-16-23)8-7-10-19-21(27-2)20(22(25)26)18-9-5-6-14-24(18)19;/h5-6,9,14,17H,3-4,7-8,10-13,15-16H2,1-2H3,(H,25,26);1H. The smallest absolute Gasteiger partial charge is 0.341 e. The molecule has 28 heavy (non-hydrogen) atoms. The second kappa shape index (κ2) is 10.7. The molecule has 6 heteroatoms. The number of likely N-dealkylation sites (tertiary alicyclic amines) is 1. The van der Waals surface area contributed by atoms with Gasteiger partial charge in [-0.2, -0.15) is 0 Å². The maximum atomic E-state index is 11.7. The molecule has 0 saturated carbocycles. The quantitative estimate of drug-likeness (QED) is 0.640. The zero-order valence-electron chi connectivity index (χ0n) is 17.0. The Labute approximate surface area is 174 Å². The molecule has 1 aliphatic heterocycles. The Hall–Kier alpha value is -1.72. The van der Waals surface area contributed by atoms with Gasteiger partial charge in [0.25, 0.3) is 0 Å². The number of carboxylic acids is 1. The van der Waals surface area contributed by atoms with Crippen molar-refractivity contribution in [3.05, 3.63) is 35.7 Å². The molecule has 0 aliphatic carbocycles. The highest BCUT2D eigenvalue weighted by molar-refractivity contribution is 6.00. The number of hydrogen-bond acceptors (Lipinski definition) is 3. The number of piperidine rings is 1. The molecule has 1 saturated heterocycles. The Morgan fingerprint density at radius 2 is 2.00 bits per heavy atom. The number of rotatable bonds is 9. The summed E-state index contributed by atoms with van der Waals surface area (Å²) in [6, 6.07) is 5.66. The number of pyridine rings is 1. The lowest BCUT2D eigenvalue weighted by atomic mass is 9.91. The van der Waals surface area contributed by atoms with Crippen LogP contribution in [0.2, 0.25) is 0 Å². The van der Waals surface area contributed by atoms with Crippen molar-refractivity contribution < 1.29 is 14.6 Å². The van der Waals surface area contributed by atoms with Crippen molar-refractivity contribution in [2.75, 3.05) is 26.7 Å². The fourth-order valence-electron chi connectivity index (χ4n) is 4.35. The van der Waals surface area contributed by atoms with E-state index in [1.165, 1.54) is 51.7 Å². The summed E-state index contributed by atoms with van der Waals surface area (Å²) >= 11 is 0. The Kier molecular flexibility index (Phi) is 8.64. The predicted molar refractivity (Wildman–Crippen MR) is 115 cm³/mol. The fourth-order valence-corrected chi connectivity index (χ4v) is 4.35. The Morgan fingerprint density at radius 3 is 2.64 bits per heavy atom. The molecule has 2 aromatic rings. The molecule has 0 amide bonds. The average Bonchev–Trinajstić information content (AvgIpc) is 3.01. The van der Waals surface area contributed by atoms with Crippen LogP contribution in [0.25, 0.3) is 5.52 Å². The zero-order valence-corrected chi connectivity index (χ0v) is 17.8. The third-order valence-electron chi connectivity index (χ3n) is 5.87. The number of aromatic nitrogens is 1. The van der Waals surface area contributed by atoms with Crippen molar-refractivity contribution in [2.45, 2.75) is 51.9 Å². The van der Waals surface area contributed by atoms with E-state index in [4.69, 9.17) is 4.74 Å². The highest BCUT2D eigenvalue weighted by atomic mass is 35.5. The van der Waals surface area contributed by atoms with E-state index in [2.05, 4.69) is 11.8 Å². The van der Waals surface area contributed by atoms with Crippen LogP contribution in [0.15, 0.2) is 24.4 Å². The Morgan fingerprint density at radius 1 is 1.25 bits per heavy atom. The van der Waals surface area contributed by atoms with Crippen LogP contribution in [0.1, 0.15) is 61.5 Å². The van der Waals surface area contributed by atoms with Crippen molar-refractivity contribution >= 4 is 23.9 Å². The first-order valence-electron chi connectivity index (χ1n) is 10.3. The van der Waals surface area contributed by atoms with Crippen molar-refractivity contribution in [3.8, 4) is 5.75 Å². The van der Waals surface area contributed by atoms with Gasteiger partial charge in [0.15, 0.2) is 5.75 Å². The van der Waals surface area contributed by atoms with Gasteiger partial charge >= 0.3 is 5.97 Å². The van der Waals surface area contributed by atoms with Crippen molar-refractivity contribution in [1.82, 2.24) is 9.30 Å². The molecule has 156 valence electrons. The second-order valence-corrected chi connectivity index (χ2v) is 7.65. The van der Waals surface area contributed by atoms with Crippen LogP contribution in [0.3, 0.4) is 0 Å². The lowest BCUT2D eigenvalue weighted by Crippen LogP contribution is -2.34. The molecule has 1 aliphatic rings. The van der Waals surface area contributed by atoms with Gasteiger partial charge in [-0.15, -0.1) is 12.4 Å². The number of aromatic carboxylic acids is 1. The fraction of sp³-hybridized carbons (Fsp3) is 0.591. The minimum atomic E-state index is -0.929. The number of nitrogens with zero attached hydrogens (tertiary/aromatic N) is 2. The molecule has 0 atom stereocenters. The van der Waals surface area contributed by atoms with Crippen LogP contribution >= 0.6 is 12.4 Å². The number of methoxy groups -OCH3 is 1. The summed E-state index contributed by atoms with van der Waals surface area (Å²) in [5.74, 6) is 0.378. The third-order valence-corrected chi connectivity index (χ3v) is 5.87. The molecule has 1 fully saturated rings. The van der Waals surface area contributed by atoms with Crippen molar-refractivity contribution in [1.29, 1.82) is 0 Å². The van der Waals surface area contributed by atoms with Gasteiger partial charge in [0, 0.05) is 6.20 Å². The van der Waals surface area contributed by atoms with Crippen LogP contribution < -0.4 is 4.74 Å². The molecule has 1 N–H and O–H groups in total. The lowest BCUT2D eigenvalue weighted by molar-refractivity contribution is 0.0696. The maximum Gasteiger partial charge on any atom is 0.341 e. The summed E-state index contributed by atoms with van der Waals surface area (Å²) in [5, 5.41) is 9.63. The van der Waals surface area contributed by atoms with Gasteiger partial charge in [-0.25, -0.2) is 4.79 Å². The van der Waals surface area contributed by atoms with E-state index in [1.54, 1.807) is 7.11 Å². The molecule has 0 aromatic carbocycles. The summed E-state index contributed by atoms with van der Waals surface area (Å²) < 4.78 is 7.49. The van der Waals surface area contributed by atoms with Crippen LogP contribution in [-0.4, -0.2) is 47.1 Å². The first-order chi connectivity index (χ1) is 13.2. The van der Waals surface area contributed by atoms with Crippen LogP contribution in [0.4, 0.5) is 0 Å². The van der Waals surface area contributed by atoms with E-state index in [-0.39, 0.29) is 18.0 Å². The number of fused-ring (bicyclic) bond motifs is 1. The van der Waals surface area contributed by atoms with Crippen LogP contribution in [0.5, 0.6) is 5.75 Å². The van der Waals surface area contributed by atoms with E-state index < -0.39 is 5.97 Å². The molecule has 0 spiro atoms. The summed E-state index contributed by atoms with van der Waals surface area (Å²) in [6.07, 6.45) is 10.2. The number of ether oxygens (including phenoxy) is 1. The summed E-state index contributed by atoms with van der Waals surface area (Å²) in [5.41, 5.74) is 1.96. The van der Waals surface area contributed by atoms with E-state index in [0.717, 1.165) is 24.5 Å². The molecule has 0 bridgehead atoms. The predicted octanol–water partition coefficient (Wildman–Crippen LogP) is 4.90. The number of halogens is 1. The van der Waals surface area contributed by atoms with Crippen LogP contribution in [0, 0.1) is 5.92 Å². The van der Waals surface area contributed by atoms with Crippen LogP contribution in [-0.2, 0) is 6.42 Å². The minimum Gasteiger partial charge on any atom is -0.494 e. The minimum absolute atomic E-state index is 0. The number of aryl methyl sites for hydroxylation is 1. The molecule has 0 unspecified atom stereocenters. The second-order valence-electron chi connectivity index (χ2n) is 7.65. The number of carboxylic acid groups (broad SMARTS) is 1. The van der Waals surface area contributed by atoms with Gasteiger partial charge in [-0.3, -0.25) is 0 Å². The Balaban J connectivity index is 0.00000280. The third kappa shape index (κ3) is 5.00. The first kappa shape index (κ1) is 22.6. The van der Waals surface area contributed by atoms with Gasteiger partial charge in [-0.05, 0) is 76.2 Å². The highest BCUT2D eigenvalue weighted by Crippen LogP contribution is 2.33. The molecular weight excluding hydrogens is 376 g/mol. The van der Waals surface area contributed by atoms with Gasteiger partial charge in [0.1, 0.15) is 5.56 Å². The monoisotopic (exact) mass is 408 g/mol. The van der Waals surface area contributed by atoms with Gasteiger partial charge in [-0.1, -0.05) is 19.4 Å². The zero-order chi connectivity index (χ0) is 19.2. The first-order valence-corrected chi connectivity index (χ1v) is 10.3. The van der Waals surface area contributed by atoms with E-state index in [9.17, 15) is 9.90 Å². The molecule has 5 nitrogen and oxygen atoms in total. The molecule has 3 rings (SSSR count). The maximum absolute atomic E-state index is 11.7. The topological polar surface area (TPSA) is 54.2 Å². The number of unbranched alkanes of at least 4 members (excludes halogenated alkanes) is 1. The lowest BCUT2D eigenvalue weighted by Gasteiger charge is -2.31. The molecule has 3 heterocycles. The molecule has 2 aromatic heterocycles. The van der Waals surface area contributed by atoms with E-state index in [0.29, 0.717) is 11.3 Å². The van der Waals surface area contributed by atoms with Gasteiger partial charge in [0.2, 0.25) is 0 Å². The average molecular weight is 409 g/mol. The number of carbonyl (C=O) groups is 1. The van der Waals surface area contributed by atoms with Gasteiger partial charge in [0.05, 0.1) is 18.3 Å². The van der Waals surface area contributed by atoms with E-state index >= 15 is 0 Å². The summed E-state index contributed by atoms with van der Waals surface area (Å²) in [7, 11) is 1.57.